The van der Waals surface area contributed by atoms with Crippen LogP contribution in [-0.2, 0) is 20.9 Å². The number of methoxy groups -OCH3 is 2. The molecule has 1 saturated heterocycles. The van der Waals surface area contributed by atoms with Crippen LogP contribution in [0, 0.1) is 0 Å². The number of carbonyl (C=O) groups is 4. The highest BCUT2D eigenvalue weighted by Gasteiger charge is 2.36. The second-order valence-electron chi connectivity index (χ2n) is 7.64. The Morgan fingerprint density at radius 1 is 1.03 bits per heavy atom. The van der Waals surface area contributed by atoms with E-state index >= 15 is 0 Å². The fourth-order valence-electron chi connectivity index (χ4n) is 3.36. The smallest absolute Gasteiger partial charge is 0.373 e. The summed E-state index contributed by atoms with van der Waals surface area (Å²) in [5.41, 5.74) is 1.16. The molecule has 2 aromatic carbocycles. The van der Waals surface area contributed by atoms with Crippen molar-refractivity contribution >= 4 is 46.5 Å². The average Bonchev–Trinajstić information content (AvgIpc) is 3.48. The lowest BCUT2D eigenvalue weighted by molar-refractivity contribution is -0.127. The van der Waals surface area contributed by atoms with Gasteiger partial charge in [-0.3, -0.25) is 19.3 Å². The molecule has 0 aliphatic carbocycles. The van der Waals surface area contributed by atoms with E-state index in [4.69, 9.17) is 13.9 Å². The number of thioether (sulfide) groups is 1. The van der Waals surface area contributed by atoms with Crippen LogP contribution in [0.3, 0.4) is 0 Å². The highest BCUT2D eigenvalue weighted by molar-refractivity contribution is 8.18. The van der Waals surface area contributed by atoms with Gasteiger partial charge in [0.25, 0.3) is 11.1 Å². The molecule has 0 saturated carbocycles. The number of nitrogens with one attached hydrogen (secondary N) is 1. The molecular weight excluding hydrogens is 500 g/mol. The summed E-state index contributed by atoms with van der Waals surface area (Å²) in [7, 11) is 2.73. The molecular formula is C26H22N2O8S. The molecule has 1 fully saturated rings. The van der Waals surface area contributed by atoms with Crippen molar-refractivity contribution in [2.24, 2.45) is 0 Å². The number of para-hydroxylation sites is 1. The van der Waals surface area contributed by atoms with Crippen LogP contribution in [-0.4, -0.2) is 48.7 Å². The van der Waals surface area contributed by atoms with Crippen molar-refractivity contribution in [1.29, 1.82) is 0 Å². The Morgan fingerprint density at radius 2 is 1.81 bits per heavy atom. The molecule has 2 heterocycles. The Kier molecular flexibility index (Phi) is 7.94. The lowest BCUT2D eigenvalue weighted by atomic mass is 10.2. The Hall–Kier alpha value is -4.51. The number of ether oxygens (including phenoxy) is 3. The van der Waals surface area contributed by atoms with Crippen molar-refractivity contribution in [1.82, 2.24) is 4.90 Å². The maximum atomic E-state index is 12.8. The number of hydrogen-bond donors (Lipinski definition) is 1. The number of nitrogens with zero attached hydrogens (tertiary/aromatic N) is 1. The molecule has 0 radical (unpaired) electrons. The fraction of sp³-hybridized carbons (Fsp3) is 0.154. The lowest BCUT2D eigenvalue weighted by Gasteiger charge is -2.12. The largest absolute Gasteiger partial charge is 0.493 e. The van der Waals surface area contributed by atoms with Crippen molar-refractivity contribution in [3.63, 3.8) is 0 Å². The molecule has 3 aromatic rings. The van der Waals surface area contributed by atoms with Crippen LogP contribution in [0.1, 0.15) is 21.9 Å². The molecule has 1 aromatic heterocycles. The molecule has 0 atom stereocenters. The summed E-state index contributed by atoms with van der Waals surface area (Å²) in [5.74, 6) is -0.359. The Morgan fingerprint density at radius 3 is 2.54 bits per heavy atom. The average molecular weight is 523 g/mol. The van der Waals surface area contributed by atoms with Gasteiger partial charge in [-0.2, -0.15) is 0 Å². The predicted molar refractivity (Wildman–Crippen MR) is 135 cm³/mol. The third-order valence-corrected chi connectivity index (χ3v) is 6.04. The Labute approximate surface area is 216 Å². The van der Waals surface area contributed by atoms with E-state index in [0.29, 0.717) is 28.5 Å². The number of amides is 3. The van der Waals surface area contributed by atoms with Gasteiger partial charge in [-0.25, -0.2) is 4.79 Å². The third-order valence-electron chi connectivity index (χ3n) is 5.14. The third kappa shape index (κ3) is 6.19. The summed E-state index contributed by atoms with van der Waals surface area (Å²) < 4.78 is 21.1. The zero-order valence-corrected chi connectivity index (χ0v) is 20.7. The normalized spacial score (nSPS) is 14.1. The first-order valence-electron chi connectivity index (χ1n) is 11.0. The summed E-state index contributed by atoms with van der Waals surface area (Å²) in [4.78, 5) is 50.1. The van der Waals surface area contributed by atoms with Gasteiger partial charge in [0.2, 0.25) is 11.7 Å². The van der Waals surface area contributed by atoms with E-state index in [0.717, 1.165) is 16.7 Å². The van der Waals surface area contributed by atoms with Gasteiger partial charge < -0.3 is 23.9 Å². The molecule has 0 unspecified atom stereocenters. The molecule has 0 spiro atoms. The van der Waals surface area contributed by atoms with Crippen molar-refractivity contribution in [2.75, 3.05) is 26.1 Å². The minimum Gasteiger partial charge on any atom is -0.493 e. The molecule has 11 heteroatoms. The predicted octanol–water partition coefficient (Wildman–Crippen LogP) is 4.33. The van der Waals surface area contributed by atoms with Crippen LogP contribution in [0.25, 0.3) is 6.08 Å². The number of esters is 1. The lowest BCUT2D eigenvalue weighted by Crippen LogP contribution is -2.36. The first-order chi connectivity index (χ1) is 17.9. The van der Waals surface area contributed by atoms with Gasteiger partial charge in [0.1, 0.15) is 18.9 Å². The summed E-state index contributed by atoms with van der Waals surface area (Å²) in [6.07, 6.45) is 1.54. The molecule has 3 amide bonds. The number of anilines is 1. The first kappa shape index (κ1) is 25.6. The Balaban J connectivity index is 1.41. The van der Waals surface area contributed by atoms with E-state index in [1.165, 1.54) is 20.3 Å². The molecule has 0 bridgehead atoms. The highest BCUT2D eigenvalue weighted by atomic mass is 32.2. The number of rotatable bonds is 9. The van der Waals surface area contributed by atoms with Crippen LogP contribution in [0.2, 0.25) is 0 Å². The molecule has 10 nitrogen and oxygen atoms in total. The number of carbonyl (C=O) groups excluding carboxylic acids is 4. The zero-order chi connectivity index (χ0) is 26.4. The maximum Gasteiger partial charge on any atom is 0.373 e. The maximum absolute atomic E-state index is 12.8. The van der Waals surface area contributed by atoms with Gasteiger partial charge in [-0.1, -0.05) is 24.3 Å². The number of furan rings is 1. The second-order valence-corrected chi connectivity index (χ2v) is 8.63. The minimum atomic E-state index is -0.588. The van der Waals surface area contributed by atoms with E-state index in [1.807, 2.05) is 6.07 Å². The summed E-state index contributed by atoms with van der Waals surface area (Å²) in [6.45, 7) is -0.353. The van der Waals surface area contributed by atoms with E-state index in [2.05, 4.69) is 10.1 Å². The van der Waals surface area contributed by atoms with Crippen LogP contribution in [0.5, 0.6) is 11.5 Å². The van der Waals surface area contributed by atoms with Crippen LogP contribution in [0.4, 0.5) is 10.5 Å². The van der Waals surface area contributed by atoms with Crippen LogP contribution in [0.15, 0.2) is 70.0 Å². The van der Waals surface area contributed by atoms with E-state index in [1.54, 1.807) is 54.6 Å². The van der Waals surface area contributed by atoms with Gasteiger partial charge >= 0.3 is 5.97 Å². The van der Waals surface area contributed by atoms with E-state index in [9.17, 15) is 19.2 Å². The first-order valence-corrected chi connectivity index (χ1v) is 11.8. The van der Waals surface area contributed by atoms with Crippen LogP contribution >= 0.6 is 11.8 Å². The standard InChI is InChI=1S/C26H22N2O8S/c1-33-21-12-16(8-10-19(21)35-15-18-9-11-20(36-18)25(31)34-2)13-22-24(30)28(26(32)37-22)14-23(29)27-17-6-4-3-5-7-17/h3-13H,14-15H2,1-2H3,(H,27,29)/b22-13+. The molecule has 37 heavy (non-hydrogen) atoms. The minimum absolute atomic E-state index is 0.0383. The van der Waals surface area contributed by atoms with Crippen molar-refractivity contribution < 1.29 is 37.8 Å². The van der Waals surface area contributed by atoms with Crippen molar-refractivity contribution in [3.8, 4) is 11.5 Å². The molecule has 4 rings (SSSR count). The molecule has 1 aliphatic rings. The summed E-state index contributed by atoms with van der Waals surface area (Å²) in [5, 5.41) is 2.12. The van der Waals surface area contributed by atoms with E-state index in [-0.39, 0.29) is 17.3 Å². The fourth-order valence-corrected chi connectivity index (χ4v) is 4.20. The zero-order valence-electron chi connectivity index (χ0n) is 19.9. The number of benzene rings is 2. The van der Waals surface area contributed by atoms with Gasteiger partial charge in [-0.15, -0.1) is 0 Å². The van der Waals surface area contributed by atoms with Gasteiger partial charge in [0.15, 0.2) is 11.5 Å². The second kappa shape index (κ2) is 11.5. The summed E-state index contributed by atoms with van der Waals surface area (Å²) >= 11 is 0.753. The monoisotopic (exact) mass is 522 g/mol. The molecule has 1 aliphatic heterocycles. The van der Waals surface area contributed by atoms with Gasteiger partial charge in [0.05, 0.1) is 19.1 Å². The Bertz CT molecular complexity index is 1370. The molecule has 190 valence electrons. The van der Waals surface area contributed by atoms with Gasteiger partial charge in [0, 0.05) is 5.69 Å². The van der Waals surface area contributed by atoms with Crippen LogP contribution < -0.4 is 14.8 Å². The summed E-state index contributed by atoms with van der Waals surface area (Å²) in [6, 6.07) is 16.8. The topological polar surface area (TPSA) is 124 Å². The van der Waals surface area contributed by atoms with E-state index < -0.39 is 29.6 Å². The van der Waals surface area contributed by atoms with Crippen molar-refractivity contribution in [3.05, 3.63) is 82.7 Å². The van der Waals surface area contributed by atoms with Crippen molar-refractivity contribution in [2.45, 2.75) is 6.61 Å². The SMILES string of the molecule is COC(=O)c1ccc(COc2ccc(/C=C3/SC(=O)N(CC(=O)Nc4ccccc4)C3=O)cc2OC)o1. The quantitative estimate of drug-likeness (QED) is 0.323. The number of imide groups is 1. The number of hydrogen-bond acceptors (Lipinski definition) is 9. The highest BCUT2D eigenvalue weighted by Crippen LogP contribution is 2.34. The molecule has 1 N–H and O–H groups in total. The van der Waals surface area contributed by atoms with Gasteiger partial charge in [-0.05, 0) is 59.8 Å².